The minimum absolute atomic E-state index is 0.363. The molecule has 0 bridgehead atoms. The standard InChI is InChI=1S/C13H25NO2/c1-12(2)11-15-8-5-7-14-10-13-6-3-4-9-16-13/h4,9,12-14H,3,5-8,10-11H2,1-2H3. The van der Waals surface area contributed by atoms with Gasteiger partial charge in [0.1, 0.15) is 6.10 Å². The van der Waals surface area contributed by atoms with Crippen LogP contribution in [0.25, 0.3) is 0 Å². The summed E-state index contributed by atoms with van der Waals surface area (Å²) in [6.07, 6.45) is 7.62. The van der Waals surface area contributed by atoms with Crippen LogP contribution in [-0.2, 0) is 9.47 Å². The van der Waals surface area contributed by atoms with Crippen LogP contribution in [0.2, 0.25) is 0 Å². The minimum atomic E-state index is 0.363. The molecule has 0 radical (unpaired) electrons. The quantitative estimate of drug-likeness (QED) is 0.646. The van der Waals surface area contributed by atoms with Crippen molar-refractivity contribution >= 4 is 0 Å². The van der Waals surface area contributed by atoms with Crippen LogP contribution >= 0.6 is 0 Å². The minimum Gasteiger partial charge on any atom is -0.497 e. The van der Waals surface area contributed by atoms with Gasteiger partial charge >= 0.3 is 0 Å². The Morgan fingerprint density at radius 3 is 3.06 bits per heavy atom. The third-order valence-corrected chi connectivity index (χ3v) is 2.49. The molecule has 0 spiro atoms. The lowest BCUT2D eigenvalue weighted by molar-refractivity contribution is 0.103. The number of hydrogen-bond donors (Lipinski definition) is 1. The lowest BCUT2D eigenvalue weighted by atomic mass is 10.1. The van der Waals surface area contributed by atoms with Gasteiger partial charge in [-0.3, -0.25) is 0 Å². The van der Waals surface area contributed by atoms with E-state index in [1.807, 2.05) is 6.26 Å². The molecule has 1 rings (SSSR count). The van der Waals surface area contributed by atoms with Gasteiger partial charge in [0.15, 0.2) is 0 Å². The van der Waals surface area contributed by atoms with Crippen molar-refractivity contribution < 1.29 is 9.47 Å². The second-order valence-electron chi connectivity index (χ2n) is 4.73. The smallest absolute Gasteiger partial charge is 0.110 e. The average molecular weight is 227 g/mol. The highest BCUT2D eigenvalue weighted by atomic mass is 16.5. The molecule has 1 heterocycles. The van der Waals surface area contributed by atoms with Crippen molar-refractivity contribution in [2.45, 2.75) is 39.2 Å². The van der Waals surface area contributed by atoms with E-state index in [2.05, 4.69) is 25.2 Å². The molecule has 1 atom stereocenters. The predicted octanol–water partition coefficient (Wildman–Crippen LogP) is 2.33. The molecule has 0 aromatic heterocycles. The summed E-state index contributed by atoms with van der Waals surface area (Å²) < 4.78 is 11.0. The van der Waals surface area contributed by atoms with Crippen molar-refractivity contribution in [3.8, 4) is 0 Å². The maximum atomic E-state index is 5.50. The molecule has 1 unspecified atom stereocenters. The first-order valence-electron chi connectivity index (χ1n) is 6.38. The summed E-state index contributed by atoms with van der Waals surface area (Å²) in [6, 6.07) is 0. The van der Waals surface area contributed by atoms with E-state index in [9.17, 15) is 0 Å². The summed E-state index contributed by atoms with van der Waals surface area (Å²) >= 11 is 0. The summed E-state index contributed by atoms with van der Waals surface area (Å²) in [4.78, 5) is 0. The fourth-order valence-corrected chi connectivity index (χ4v) is 1.62. The van der Waals surface area contributed by atoms with Crippen molar-refractivity contribution in [2.24, 2.45) is 5.92 Å². The van der Waals surface area contributed by atoms with Crippen LogP contribution < -0.4 is 5.32 Å². The zero-order chi connectivity index (χ0) is 11.6. The molecular formula is C13H25NO2. The molecule has 3 heteroatoms. The van der Waals surface area contributed by atoms with Crippen LogP contribution in [0.5, 0.6) is 0 Å². The van der Waals surface area contributed by atoms with Gasteiger partial charge in [-0.15, -0.1) is 0 Å². The Morgan fingerprint density at radius 2 is 2.38 bits per heavy atom. The molecule has 0 saturated heterocycles. The molecule has 1 aliphatic rings. The number of rotatable bonds is 8. The number of ether oxygens (including phenoxy) is 2. The van der Waals surface area contributed by atoms with Crippen LogP contribution in [-0.4, -0.2) is 32.4 Å². The van der Waals surface area contributed by atoms with Crippen LogP contribution in [0.15, 0.2) is 12.3 Å². The van der Waals surface area contributed by atoms with Gasteiger partial charge in [0.05, 0.1) is 6.26 Å². The normalized spacial score (nSPS) is 20.1. The van der Waals surface area contributed by atoms with E-state index >= 15 is 0 Å². The molecule has 0 aromatic rings. The van der Waals surface area contributed by atoms with E-state index in [0.717, 1.165) is 45.6 Å². The van der Waals surface area contributed by atoms with Crippen LogP contribution in [0.3, 0.4) is 0 Å². The zero-order valence-corrected chi connectivity index (χ0v) is 10.6. The van der Waals surface area contributed by atoms with Crippen LogP contribution in [0, 0.1) is 5.92 Å². The summed E-state index contributed by atoms with van der Waals surface area (Å²) in [7, 11) is 0. The van der Waals surface area contributed by atoms with Crippen molar-refractivity contribution in [3.05, 3.63) is 12.3 Å². The monoisotopic (exact) mass is 227 g/mol. The summed E-state index contributed by atoms with van der Waals surface area (Å²) in [5.41, 5.74) is 0. The van der Waals surface area contributed by atoms with Gasteiger partial charge in [-0.25, -0.2) is 0 Å². The van der Waals surface area contributed by atoms with E-state index in [4.69, 9.17) is 9.47 Å². The van der Waals surface area contributed by atoms with Crippen molar-refractivity contribution in [3.63, 3.8) is 0 Å². The van der Waals surface area contributed by atoms with Gasteiger partial charge < -0.3 is 14.8 Å². The average Bonchev–Trinajstić information content (AvgIpc) is 2.29. The van der Waals surface area contributed by atoms with Crippen molar-refractivity contribution in [1.29, 1.82) is 0 Å². The number of nitrogens with one attached hydrogen (secondary N) is 1. The number of allylic oxidation sites excluding steroid dienone is 1. The van der Waals surface area contributed by atoms with Gasteiger partial charge in [-0.2, -0.15) is 0 Å². The molecule has 94 valence electrons. The molecule has 3 nitrogen and oxygen atoms in total. The van der Waals surface area contributed by atoms with Gasteiger partial charge in [0, 0.05) is 19.8 Å². The SMILES string of the molecule is CC(C)COCCCNCC1CCC=CO1. The molecule has 0 saturated carbocycles. The van der Waals surface area contributed by atoms with Crippen LogP contribution in [0.4, 0.5) is 0 Å². The first kappa shape index (κ1) is 13.5. The van der Waals surface area contributed by atoms with E-state index in [-0.39, 0.29) is 0 Å². The van der Waals surface area contributed by atoms with Crippen molar-refractivity contribution in [2.75, 3.05) is 26.3 Å². The maximum absolute atomic E-state index is 5.50. The summed E-state index contributed by atoms with van der Waals surface area (Å²) in [5, 5.41) is 3.40. The van der Waals surface area contributed by atoms with Gasteiger partial charge in [0.2, 0.25) is 0 Å². The maximum Gasteiger partial charge on any atom is 0.110 e. The lowest BCUT2D eigenvalue weighted by Gasteiger charge is -2.19. The highest BCUT2D eigenvalue weighted by molar-refractivity contribution is 4.82. The van der Waals surface area contributed by atoms with E-state index in [0.29, 0.717) is 12.0 Å². The number of hydrogen-bond acceptors (Lipinski definition) is 3. The molecule has 1 aliphatic heterocycles. The molecule has 16 heavy (non-hydrogen) atoms. The third kappa shape index (κ3) is 6.85. The van der Waals surface area contributed by atoms with E-state index in [1.54, 1.807) is 0 Å². The Morgan fingerprint density at radius 1 is 1.50 bits per heavy atom. The second-order valence-corrected chi connectivity index (χ2v) is 4.73. The molecular weight excluding hydrogens is 202 g/mol. The molecule has 0 aromatic carbocycles. The third-order valence-electron chi connectivity index (χ3n) is 2.49. The van der Waals surface area contributed by atoms with E-state index in [1.165, 1.54) is 0 Å². The molecule has 1 N–H and O–H groups in total. The highest BCUT2D eigenvalue weighted by Crippen LogP contribution is 2.08. The van der Waals surface area contributed by atoms with Gasteiger partial charge in [-0.1, -0.05) is 13.8 Å². The molecule has 0 aliphatic carbocycles. The Kier molecular flexibility index (Phi) is 7.26. The second kappa shape index (κ2) is 8.59. The first-order valence-corrected chi connectivity index (χ1v) is 6.38. The predicted molar refractivity (Wildman–Crippen MR) is 66.4 cm³/mol. The van der Waals surface area contributed by atoms with Crippen molar-refractivity contribution in [1.82, 2.24) is 5.32 Å². The fraction of sp³-hybridized carbons (Fsp3) is 0.846. The Hall–Kier alpha value is -0.540. The summed E-state index contributed by atoms with van der Waals surface area (Å²) in [5.74, 6) is 0.635. The Labute approximate surface area is 99.2 Å². The lowest BCUT2D eigenvalue weighted by Crippen LogP contribution is -2.30. The highest BCUT2D eigenvalue weighted by Gasteiger charge is 2.09. The van der Waals surface area contributed by atoms with Crippen LogP contribution in [0.1, 0.15) is 33.1 Å². The largest absolute Gasteiger partial charge is 0.497 e. The summed E-state index contributed by atoms with van der Waals surface area (Å²) in [6.45, 7) is 8.04. The first-order chi connectivity index (χ1) is 7.79. The van der Waals surface area contributed by atoms with E-state index < -0.39 is 0 Å². The Bertz CT molecular complexity index is 192. The molecule has 0 amide bonds. The van der Waals surface area contributed by atoms with Gasteiger partial charge in [-0.05, 0) is 37.8 Å². The van der Waals surface area contributed by atoms with Gasteiger partial charge in [0.25, 0.3) is 0 Å². The zero-order valence-electron chi connectivity index (χ0n) is 10.6. The Balaban J connectivity index is 1.82. The fourth-order valence-electron chi connectivity index (χ4n) is 1.62. The molecule has 0 fully saturated rings. The topological polar surface area (TPSA) is 30.5 Å².